The summed E-state index contributed by atoms with van der Waals surface area (Å²) in [6.45, 7) is -0.230. The molecular formula is C10H11ClN4O3. The van der Waals surface area contributed by atoms with Crippen molar-refractivity contribution < 1.29 is 14.9 Å². The Bertz CT molecular complexity index is 575. The van der Waals surface area contributed by atoms with Crippen LogP contribution in [-0.4, -0.2) is 49.0 Å². The first-order valence-corrected chi connectivity index (χ1v) is 5.88. The summed E-state index contributed by atoms with van der Waals surface area (Å²) >= 11 is 5.90. The summed E-state index contributed by atoms with van der Waals surface area (Å²) < 4.78 is 7.06. The van der Waals surface area contributed by atoms with E-state index >= 15 is 0 Å². The van der Waals surface area contributed by atoms with Gasteiger partial charge in [-0.1, -0.05) is 16.8 Å². The van der Waals surface area contributed by atoms with Crippen LogP contribution in [0.5, 0.6) is 0 Å². The third-order valence-electron chi connectivity index (χ3n) is 3.00. The van der Waals surface area contributed by atoms with Crippen LogP contribution in [0.2, 0.25) is 5.15 Å². The van der Waals surface area contributed by atoms with Gasteiger partial charge in [-0.25, -0.2) is 9.67 Å². The van der Waals surface area contributed by atoms with Crippen LogP contribution < -0.4 is 0 Å². The van der Waals surface area contributed by atoms with E-state index in [2.05, 4.69) is 15.3 Å². The quantitative estimate of drug-likeness (QED) is 0.753. The second kappa shape index (κ2) is 4.43. The van der Waals surface area contributed by atoms with E-state index in [9.17, 15) is 5.11 Å². The van der Waals surface area contributed by atoms with Crippen LogP contribution in [0.1, 0.15) is 12.6 Å². The Hall–Kier alpha value is -1.28. The highest BCUT2D eigenvalue weighted by Crippen LogP contribution is 2.30. The predicted octanol–water partition coefficient (Wildman–Crippen LogP) is 0.120. The number of hydrogen-bond acceptors (Lipinski definition) is 6. The molecule has 3 heterocycles. The SMILES string of the molecule is OCC1O[C@@H](n2nnc3c(Cl)nccc32)C[C@@H]1O. The summed E-state index contributed by atoms with van der Waals surface area (Å²) in [6, 6.07) is 1.73. The first kappa shape index (κ1) is 11.8. The van der Waals surface area contributed by atoms with Gasteiger partial charge in [0.2, 0.25) is 0 Å². The van der Waals surface area contributed by atoms with E-state index in [1.54, 1.807) is 16.9 Å². The Labute approximate surface area is 107 Å². The smallest absolute Gasteiger partial charge is 0.158 e. The van der Waals surface area contributed by atoms with Crippen molar-refractivity contribution in [3.05, 3.63) is 17.4 Å². The monoisotopic (exact) mass is 270 g/mol. The van der Waals surface area contributed by atoms with E-state index in [1.165, 1.54) is 0 Å². The lowest BCUT2D eigenvalue weighted by molar-refractivity contribution is -0.0474. The molecule has 0 spiro atoms. The van der Waals surface area contributed by atoms with Crippen molar-refractivity contribution in [3.63, 3.8) is 0 Å². The summed E-state index contributed by atoms with van der Waals surface area (Å²) in [7, 11) is 0. The second-order valence-corrected chi connectivity index (χ2v) is 4.48. The van der Waals surface area contributed by atoms with E-state index < -0.39 is 18.4 Å². The van der Waals surface area contributed by atoms with E-state index in [4.69, 9.17) is 21.4 Å². The van der Waals surface area contributed by atoms with Crippen LogP contribution in [0, 0.1) is 0 Å². The van der Waals surface area contributed by atoms with Crippen molar-refractivity contribution in [1.82, 2.24) is 20.0 Å². The van der Waals surface area contributed by atoms with E-state index in [0.717, 1.165) is 0 Å². The molecule has 3 atom stereocenters. The minimum Gasteiger partial charge on any atom is -0.394 e. The van der Waals surface area contributed by atoms with Crippen molar-refractivity contribution >= 4 is 22.6 Å². The minimum absolute atomic E-state index is 0.230. The number of halogens is 1. The van der Waals surface area contributed by atoms with Crippen LogP contribution in [0.4, 0.5) is 0 Å². The molecule has 1 fully saturated rings. The van der Waals surface area contributed by atoms with E-state index in [0.29, 0.717) is 17.5 Å². The maximum Gasteiger partial charge on any atom is 0.158 e. The molecule has 7 nitrogen and oxygen atoms in total. The number of ether oxygens (including phenoxy) is 1. The van der Waals surface area contributed by atoms with Gasteiger partial charge >= 0.3 is 0 Å². The molecule has 0 aliphatic carbocycles. The highest BCUT2D eigenvalue weighted by Gasteiger charge is 2.35. The maximum atomic E-state index is 9.70. The van der Waals surface area contributed by atoms with Crippen molar-refractivity contribution in [2.75, 3.05) is 6.61 Å². The molecule has 0 amide bonds. The molecule has 1 saturated heterocycles. The van der Waals surface area contributed by atoms with Gasteiger partial charge in [0.1, 0.15) is 6.10 Å². The third-order valence-corrected chi connectivity index (χ3v) is 3.28. The number of rotatable bonds is 2. The molecule has 0 aromatic carbocycles. The van der Waals surface area contributed by atoms with Gasteiger partial charge in [0.05, 0.1) is 18.2 Å². The molecule has 1 unspecified atom stereocenters. The average Bonchev–Trinajstić information content (AvgIpc) is 2.93. The number of aliphatic hydroxyl groups excluding tert-OH is 2. The number of nitrogens with zero attached hydrogens (tertiary/aromatic N) is 4. The summed E-state index contributed by atoms with van der Waals surface area (Å²) in [5.41, 5.74) is 1.18. The summed E-state index contributed by atoms with van der Waals surface area (Å²) in [6.07, 6.45) is 0.145. The van der Waals surface area contributed by atoms with Gasteiger partial charge in [-0.3, -0.25) is 0 Å². The fourth-order valence-electron chi connectivity index (χ4n) is 2.08. The molecule has 96 valence electrons. The predicted molar refractivity (Wildman–Crippen MR) is 62.0 cm³/mol. The molecule has 8 heteroatoms. The zero-order valence-electron chi connectivity index (χ0n) is 9.27. The molecule has 0 bridgehead atoms. The maximum absolute atomic E-state index is 9.70. The largest absolute Gasteiger partial charge is 0.394 e. The number of aliphatic hydroxyl groups is 2. The first-order chi connectivity index (χ1) is 8.70. The van der Waals surface area contributed by atoms with Crippen LogP contribution in [-0.2, 0) is 4.74 Å². The first-order valence-electron chi connectivity index (χ1n) is 5.50. The molecule has 2 aromatic rings. The van der Waals surface area contributed by atoms with Gasteiger partial charge in [0, 0.05) is 12.6 Å². The molecule has 2 aromatic heterocycles. The highest BCUT2D eigenvalue weighted by molar-refractivity contribution is 6.33. The molecule has 1 aliphatic rings. The Morgan fingerprint density at radius 3 is 3.11 bits per heavy atom. The van der Waals surface area contributed by atoms with Crippen LogP contribution in [0.25, 0.3) is 11.0 Å². The van der Waals surface area contributed by atoms with Crippen molar-refractivity contribution in [3.8, 4) is 0 Å². The van der Waals surface area contributed by atoms with Crippen LogP contribution in [0.3, 0.4) is 0 Å². The average molecular weight is 271 g/mol. The van der Waals surface area contributed by atoms with Gasteiger partial charge in [-0.15, -0.1) is 5.10 Å². The fourth-order valence-corrected chi connectivity index (χ4v) is 2.27. The van der Waals surface area contributed by atoms with Gasteiger partial charge in [-0.2, -0.15) is 0 Å². The number of hydrogen-bond donors (Lipinski definition) is 2. The van der Waals surface area contributed by atoms with Gasteiger partial charge in [0.25, 0.3) is 0 Å². The normalized spacial score (nSPS) is 28.1. The van der Waals surface area contributed by atoms with E-state index in [-0.39, 0.29) is 11.8 Å². The molecule has 0 radical (unpaired) electrons. The Kier molecular flexibility index (Phi) is 2.90. The van der Waals surface area contributed by atoms with Crippen LogP contribution in [0.15, 0.2) is 12.3 Å². The van der Waals surface area contributed by atoms with Crippen molar-refractivity contribution in [2.24, 2.45) is 0 Å². The van der Waals surface area contributed by atoms with Crippen molar-refractivity contribution in [1.29, 1.82) is 0 Å². The summed E-state index contributed by atoms with van der Waals surface area (Å²) in [5, 5.41) is 26.9. The second-order valence-electron chi connectivity index (χ2n) is 4.12. The topological polar surface area (TPSA) is 93.3 Å². The molecule has 2 N–H and O–H groups in total. The van der Waals surface area contributed by atoms with Gasteiger partial charge < -0.3 is 14.9 Å². The summed E-state index contributed by atoms with van der Waals surface area (Å²) in [5.74, 6) is 0. The molecule has 3 rings (SSSR count). The standard InChI is InChI=1S/C10H11ClN4O3/c11-10-9-5(1-2-12-10)15(14-13-9)8-3-6(17)7(4-16)18-8/h1-2,6-8,16-17H,3-4H2/t6-,7?,8+/m0/s1. The number of aromatic nitrogens is 4. The van der Waals surface area contributed by atoms with Gasteiger partial charge in [0.15, 0.2) is 16.9 Å². The highest BCUT2D eigenvalue weighted by atomic mass is 35.5. The lowest BCUT2D eigenvalue weighted by atomic mass is 10.2. The lowest BCUT2D eigenvalue weighted by Crippen LogP contribution is -2.24. The minimum atomic E-state index is -0.712. The molecular weight excluding hydrogens is 260 g/mol. The Balaban J connectivity index is 1.99. The van der Waals surface area contributed by atoms with Crippen LogP contribution >= 0.6 is 11.6 Å². The zero-order chi connectivity index (χ0) is 12.7. The third kappa shape index (κ3) is 1.76. The number of fused-ring (bicyclic) bond motifs is 1. The van der Waals surface area contributed by atoms with Crippen molar-refractivity contribution in [2.45, 2.75) is 24.9 Å². The Morgan fingerprint density at radius 2 is 2.39 bits per heavy atom. The Morgan fingerprint density at radius 1 is 1.56 bits per heavy atom. The lowest BCUT2D eigenvalue weighted by Gasteiger charge is -2.12. The van der Waals surface area contributed by atoms with E-state index in [1.807, 2.05) is 0 Å². The summed E-state index contributed by atoms with van der Waals surface area (Å²) in [4.78, 5) is 3.91. The molecule has 18 heavy (non-hydrogen) atoms. The number of pyridine rings is 1. The zero-order valence-corrected chi connectivity index (χ0v) is 10.0. The fraction of sp³-hybridized carbons (Fsp3) is 0.500. The van der Waals surface area contributed by atoms with Gasteiger partial charge in [-0.05, 0) is 6.07 Å². The molecule has 0 saturated carbocycles. The molecule has 1 aliphatic heterocycles.